The largest absolute Gasteiger partial charge is 0.387 e. The molecule has 0 radical (unpaired) electrons. The summed E-state index contributed by atoms with van der Waals surface area (Å²) in [5, 5.41) is 23.8. The van der Waals surface area contributed by atoms with Gasteiger partial charge >= 0.3 is 0 Å². The highest BCUT2D eigenvalue weighted by molar-refractivity contribution is 6.30. The molecule has 9 nitrogen and oxygen atoms in total. The fraction of sp³-hybridized carbons (Fsp3) is 0.389. The molecule has 3 aromatic rings. The molecule has 0 bridgehead atoms. The van der Waals surface area contributed by atoms with Crippen LogP contribution in [-0.4, -0.2) is 61.8 Å². The van der Waals surface area contributed by atoms with Crippen molar-refractivity contribution in [2.24, 2.45) is 0 Å². The number of methoxy groups -OCH3 is 1. The number of nitrogens with zero attached hydrogens (tertiary/aromatic N) is 4. The van der Waals surface area contributed by atoms with Gasteiger partial charge < -0.3 is 25.0 Å². The van der Waals surface area contributed by atoms with Gasteiger partial charge in [0.05, 0.1) is 18.6 Å². The molecule has 0 spiro atoms. The van der Waals surface area contributed by atoms with E-state index in [1.165, 1.54) is 30.1 Å². The normalized spacial score (nSPS) is 24.3. The van der Waals surface area contributed by atoms with Crippen LogP contribution < -0.4 is 5.32 Å². The van der Waals surface area contributed by atoms with E-state index in [1.807, 2.05) is 0 Å². The molecule has 2 unspecified atom stereocenters. The Bertz CT molecular complexity index is 1050. The average Bonchev–Trinajstić information content (AvgIpc) is 3.20. The predicted molar refractivity (Wildman–Crippen MR) is 103 cm³/mol. The molecule has 1 aromatic carbocycles. The number of aliphatic hydroxyl groups excluding tert-OH is 2. The second-order valence-electron chi connectivity index (χ2n) is 6.69. The molecule has 1 aliphatic rings. The van der Waals surface area contributed by atoms with Gasteiger partial charge in [-0.15, -0.1) is 0 Å². The number of aliphatic hydroxyl groups is 2. The number of halogens is 2. The van der Waals surface area contributed by atoms with Crippen molar-refractivity contribution in [3.8, 4) is 0 Å². The van der Waals surface area contributed by atoms with Crippen molar-refractivity contribution in [3.63, 3.8) is 0 Å². The van der Waals surface area contributed by atoms with Gasteiger partial charge in [-0.25, -0.2) is 19.3 Å². The fourth-order valence-electron chi connectivity index (χ4n) is 3.28. The van der Waals surface area contributed by atoms with Crippen molar-refractivity contribution in [1.82, 2.24) is 19.5 Å². The van der Waals surface area contributed by atoms with Crippen molar-refractivity contribution in [1.29, 1.82) is 0 Å². The first-order valence-corrected chi connectivity index (χ1v) is 9.20. The Balaban J connectivity index is 1.72. The molecule has 154 valence electrons. The SMILES string of the molecule is COC[C@H]1O[C@@H](n2cnc3c(Nc4ccc(Cl)cc4F)nc(C)nc32)C(O)C1O. The zero-order chi connectivity index (χ0) is 20.7. The van der Waals surface area contributed by atoms with Crippen molar-refractivity contribution < 1.29 is 24.1 Å². The van der Waals surface area contributed by atoms with Crippen LogP contribution in [0.3, 0.4) is 0 Å². The molecule has 11 heteroatoms. The van der Waals surface area contributed by atoms with Gasteiger partial charge in [0, 0.05) is 12.1 Å². The van der Waals surface area contributed by atoms with Gasteiger partial charge in [-0.1, -0.05) is 11.6 Å². The molecule has 3 heterocycles. The summed E-state index contributed by atoms with van der Waals surface area (Å²) in [4.78, 5) is 13.0. The van der Waals surface area contributed by atoms with E-state index < -0.39 is 30.4 Å². The lowest BCUT2D eigenvalue weighted by Gasteiger charge is -2.17. The second-order valence-corrected chi connectivity index (χ2v) is 7.13. The van der Waals surface area contributed by atoms with Crippen LogP contribution in [0.15, 0.2) is 24.5 Å². The van der Waals surface area contributed by atoms with Crippen molar-refractivity contribution >= 4 is 34.3 Å². The summed E-state index contributed by atoms with van der Waals surface area (Å²) in [6.45, 7) is 1.80. The number of aromatic nitrogens is 4. The molecular weight excluding hydrogens is 405 g/mol. The third kappa shape index (κ3) is 3.65. The fourth-order valence-corrected chi connectivity index (χ4v) is 3.44. The summed E-state index contributed by atoms with van der Waals surface area (Å²) >= 11 is 5.80. The standard InChI is InChI=1S/C18H19ClFN5O4/c1-8-22-16(24-11-4-3-9(19)5-10(11)20)13-17(23-8)25(7-21-13)18-15(27)14(26)12(29-18)6-28-2/h3-5,7,12,14-15,18,26-27H,6H2,1-2H3,(H,22,23,24)/t12-,14?,15?,18-/m1/s1. The number of hydrogen-bond acceptors (Lipinski definition) is 8. The number of imidazole rings is 1. The van der Waals surface area contributed by atoms with Gasteiger partial charge in [0.25, 0.3) is 0 Å². The number of ether oxygens (including phenoxy) is 2. The molecular formula is C18H19ClFN5O4. The molecule has 0 saturated carbocycles. The Morgan fingerprint density at radius 3 is 2.83 bits per heavy atom. The zero-order valence-electron chi connectivity index (χ0n) is 15.6. The number of aryl methyl sites for hydroxylation is 1. The molecule has 2 aromatic heterocycles. The summed E-state index contributed by atoms with van der Waals surface area (Å²) in [5.41, 5.74) is 0.894. The van der Waals surface area contributed by atoms with Gasteiger partial charge in [-0.05, 0) is 25.1 Å². The maximum atomic E-state index is 14.2. The molecule has 3 N–H and O–H groups in total. The molecule has 1 fully saturated rings. The van der Waals surface area contributed by atoms with E-state index in [-0.39, 0.29) is 23.1 Å². The highest BCUT2D eigenvalue weighted by atomic mass is 35.5. The number of rotatable bonds is 5. The minimum atomic E-state index is -1.20. The zero-order valence-corrected chi connectivity index (χ0v) is 16.3. The van der Waals surface area contributed by atoms with Gasteiger partial charge in [-0.3, -0.25) is 4.57 Å². The minimum Gasteiger partial charge on any atom is -0.387 e. The van der Waals surface area contributed by atoms with Crippen molar-refractivity contribution in [3.05, 3.63) is 41.2 Å². The third-order valence-electron chi connectivity index (χ3n) is 4.66. The van der Waals surface area contributed by atoms with Gasteiger partial charge in [0.1, 0.15) is 30.0 Å². The smallest absolute Gasteiger partial charge is 0.167 e. The summed E-state index contributed by atoms with van der Waals surface area (Å²) in [5.74, 6) is 0.146. The Hall–Kier alpha value is -2.37. The Kier molecular flexibility index (Phi) is 5.36. The van der Waals surface area contributed by atoms with Crippen molar-refractivity contribution in [2.45, 2.75) is 31.5 Å². The maximum Gasteiger partial charge on any atom is 0.167 e. The van der Waals surface area contributed by atoms with Gasteiger partial charge in [0.15, 0.2) is 23.2 Å². The van der Waals surface area contributed by atoms with E-state index in [1.54, 1.807) is 13.0 Å². The quantitative estimate of drug-likeness (QED) is 0.570. The summed E-state index contributed by atoms with van der Waals surface area (Å²) in [6.07, 6.45) is -2.50. The molecule has 29 heavy (non-hydrogen) atoms. The molecule has 1 saturated heterocycles. The highest BCUT2D eigenvalue weighted by Gasteiger charge is 2.44. The number of hydrogen-bond donors (Lipinski definition) is 3. The van der Waals surface area contributed by atoms with Crippen LogP contribution in [0.5, 0.6) is 0 Å². The van der Waals surface area contributed by atoms with Crippen LogP contribution in [0, 0.1) is 12.7 Å². The van der Waals surface area contributed by atoms with E-state index >= 15 is 0 Å². The van der Waals surface area contributed by atoms with Crippen LogP contribution in [0.2, 0.25) is 5.02 Å². The lowest BCUT2D eigenvalue weighted by molar-refractivity contribution is -0.0580. The second kappa shape index (κ2) is 7.81. The van der Waals surface area contributed by atoms with Crippen LogP contribution in [0.1, 0.15) is 12.1 Å². The lowest BCUT2D eigenvalue weighted by Crippen LogP contribution is -2.33. The summed E-state index contributed by atoms with van der Waals surface area (Å²) in [7, 11) is 1.48. The first-order chi connectivity index (χ1) is 13.9. The molecule has 0 aliphatic carbocycles. The van der Waals surface area contributed by atoms with Crippen LogP contribution in [-0.2, 0) is 9.47 Å². The first-order valence-electron chi connectivity index (χ1n) is 8.83. The number of anilines is 2. The number of benzene rings is 1. The number of nitrogens with one attached hydrogen (secondary N) is 1. The van der Waals surface area contributed by atoms with Crippen LogP contribution >= 0.6 is 11.6 Å². The molecule has 4 rings (SSSR count). The summed E-state index contributed by atoms with van der Waals surface area (Å²) in [6, 6.07) is 4.23. The van der Waals surface area contributed by atoms with E-state index in [4.69, 9.17) is 21.1 Å². The molecule has 0 amide bonds. The van der Waals surface area contributed by atoms with E-state index in [0.29, 0.717) is 17.0 Å². The number of fused-ring (bicyclic) bond motifs is 1. The Morgan fingerprint density at radius 2 is 2.10 bits per heavy atom. The van der Waals surface area contributed by atoms with E-state index in [2.05, 4.69) is 20.3 Å². The maximum absolute atomic E-state index is 14.2. The monoisotopic (exact) mass is 423 g/mol. The average molecular weight is 424 g/mol. The predicted octanol–water partition coefficient (Wildman–Crippen LogP) is 1.94. The first kappa shape index (κ1) is 19.9. The minimum absolute atomic E-state index is 0.123. The van der Waals surface area contributed by atoms with E-state index in [0.717, 1.165) is 0 Å². The highest BCUT2D eigenvalue weighted by Crippen LogP contribution is 2.33. The Labute approximate surface area is 170 Å². The lowest BCUT2D eigenvalue weighted by atomic mass is 10.1. The third-order valence-corrected chi connectivity index (χ3v) is 4.89. The topological polar surface area (TPSA) is 115 Å². The van der Waals surface area contributed by atoms with Gasteiger partial charge in [0.2, 0.25) is 0 Å². The summed E-state index contributed by atoms with van der Waals surface area (Å²) < 4.78 is 26.5. The van der Waals surface area contributed by atoms with Crippen molar-refractivity contribution in [2.75, 3.05) is 19.0 Å². The molecule has 4 atom stereocenters. The van der Waals surface area contributed by atoms with Crippen LogP contribution in [0.25, 0.3) is 11.2 Å². The molecule has 1 aliphatic heterocycles. The Morgan fingerprint density at radius 1 is 1.31 bits per heavy atom. The van der Waals surface area contributed by atoms with E-state index in [9.17, 15) is 14.6 Å². The van der Waals surface area contributed by atoms with Crippen LogP contribution in [0.4, 0.5) is 15.9 Å². The van der Waals surface area contributed by atoms with Gasteiger partial charge in [-0.2, -0.15) is 0 Å².